The number of hydrogen-bond donors (Lipinski definition) is 1. The van der Waals surface area contributed by atoms with E-state index in [9.17, 15) is 4.79 Å². The zero-order valence-corrected chi connectivity index (χ0v) is 18.6. The van der Waals surface area contributed by atoms with Crippen LogP contribution in [0.4, 0.5) is 5.69 Å². The maximum absolute atomic E-state index is 12.7. The fraction of sp³-hybridized carbons (Fsp3) is 0.286. The van der Waals surface area contributed by atoms with Crippen LogP contribution >= 0.6 is 23.4 Å². The molecule has 2 aromatic carbocycles. The Kier molecular flexibility index (Phi) is 6.53. The van der Waals surface area contributed by atoms with E-state index in [0.717, 1.165) is 0 Å². The second-order valence-corrected chi connectivity index (χ2v) is 8.45. The number of halogens is 1. The van der Waals surface area contributed by atoms with Crippen LogP contribution in [0.1, 0.15) is 19.7 Å². The fourth-order valence-corrected chi connectivity index (χ4v) is 4.00. The molecule has 10 heteroatoms. The first kappa shape index (κ1) is 21.3. The van der Waals surface area contributed by atoms with E-state index in [0.29, 0.717) is 45.5 Å². The van der Waals surface area contributed by atoms with Gasteiger partial charge in [0.2, 0.25) is 12.7 Å². The summed E-state index contributed by atoms with van der Waals surface area (Å²) in [5.74, 6) is 2.52. The predicted octanol–water partition coefficient (Wildman–Crippen LogP) is 4.38. The molecule has 1 N–H and O–H groups in total. The quantitative estimate of drug-likeness (QED) is 0.499. The fourth-order valence-electron chi connectivity index (χ4n) is 2.94. The van der Waals surface area contributed by atoms with Gasteiger partial charge in [-0.3, -0.25) is 4.79 Å². The lowest BCUT2D eigenvalue weighted by Crippen LogP contribution is -2.23. The molecule has 31 heavy (non-hydrogen) atoms. The molecule has 0 radical (unpaired) electrons. The van der Waals surface area contributed by atoms with Crippen LogP contribution in [0.5, 0.6) is 17.2 Å². The largest absolute Gasteiger partial charge is 0.486 e. The molecule has 1 atom stereocenters. The van der Waals surface area contributed by atoms with Crippen LogP contribution in [-0.4, -0.2) is 32.7 Å². The van der Waals surface area contributed by atoms with Gasteiger partial charge in [-0.25, -0.2) is 0 Å². The highest BCUT2D eigenvalue weighted by atomic mass is 35.5. The Hall–Kier alpha value is -2.91. The van der Waals surface area contributed by atoms with Crippen molar-refractivity contribution < 1.29 is 19.0 Å². The molecule has 0 spiro atoms. The Morgan fingerprint density at radius 1 is 1.23 bits per heavy atom. The summed E-state index contributed by atoms with van der Waals surface area (Å²) in [5, 5.41) is 12.3. The van der Waals surface area contributed by atoms with Crippen molar-refractivity contribution in [3.63, 3.8) is 0 Å². The number of carbonyl (C=O) groups excluding carboxylic acids is 1. The van der Waals surface area contributed by atoms with Crippen LogP contribution in [0, 0.1) is 0 Å². The lowest BCUT2D eigenvalue weighted by atomic mass is 10.2. The monoisotopic (exact) mass is 460 g/mol. The first-order valence-electron chi connectivity index (χ1n) is 9.71. The molecule has 0 aliphatic carbocycles. The smallest absolute Gasteiger partial charge is 0.237 e. The van der Waals surface area contributed by atoms with Gasteiger partial charge in [0.1, 0.15) is 12.4 Å². The number of hydrogen-bond acceptors (Lipinski definition) is 7. The number of aromatic nitrogens is 3. The molecule has 3 aromatic rings. The van der Waals surface area contributed by atoms with Gasteiger partial charge in [-0.15, -0.1) is 10.2 Å². The van der Waals surface area contributed by atoms with Crippen molar-refractivity contribution in [2.24, 2.45) is 0 Å². The van der Waals surface area contributed by atoms with Gasteiger partial charge in [0.25, 0.3) is 0 Å². The molecule has 0 fully saturated rings. The van der Waals surface area contributed by atoms with E-state index in [4.69, 9.17) is 25.8 Å². The maximum atomic E-state index is 12.7. The Balaban J connectivity index is 1.37. The summed E-state index contributed by atoms with van der Waals surface area (Å²) >= 11 is 7.24. The molecule has 0 saturated heterocycles. The van der Waals surface area contributed by atoms with Crippen molar-refractivity contribution in [3.05, 3.63) is 53.3 Å². The summed E-state index contributed by atoms with van der Waals surface area (Å²) in [7, 11) is 0. The minimum Gasteiger partial charge on any atom is -0.486 e. The van der Waals surface area contributed by atoms with Gasteiger partial charge >= 0.3 is 0 Å². The molecule has 1 aromatic heterocycles. The van der Waals surface area contributed by atoms with Gasteiger partial charge in [0.15, 0.2) is 22.5 Å². The zero-order chi connectivity index (χ0) is 21.8. The molecular weight excluding hydrogens is 440 g/mol. The van der Waals surface area contributed by atoms with Crippen molar-refractivity contribution in [1.29, 1.82) is 0 Å². The van der Waals surface area contributed by atoms with Crippen molar-refractivity contribution in [2.45, 2.75) is 37.4 Å². The number of nitrogens with zero attached hydrogens (tertiary/aromatic N) is 3. The van der Waals surface area contributed by atoms with Gasteiger partial charge in [0.05, 0.1) is 5.25 Å². The molecular formula is C21H21ClN4O4S. The predicted molar refractivity (Wildman–Crippen MR) is 118 cm³/mol. The maximum Gasteiger partial charge on any atom is 0.237 e. The van der Waals surface area contributed by atoms with Crippen LogP contribution in [0.25, 0.3) is 0 Å². The summed E-state index contributed by atoms with van der Waals surface area (Å²) in [5.41, 5.74) is 0.649. The van der Waals surface area contributed by atoms with E-state index < -0.39 is 0 Å². The highest BCUT2D eigenvalue weighted by Gasteiger charge is 2.21. The third kappa shape index (κ3) is 5.05. The van der Waals surface area contributed by atoms with E-state index in [-0.39, 0.29) is 24.6 Å². The number of thioether (sulfide) groups is 1. The Bertz CT molecular complexity index is 1070. The summed E-state index contributed by atoms with van der Waals surface area (Å²) in [6.45, 7) is 4.93. The number of rotatable bonds is 8. The molecule has 1 unspecified atom stereocenters. The zero-order valence-electron chi connectivity index (χ0n) is 17.0. The third-order valence-electron chi connectivity index (χ3n) is 4.58. The van der Waals surface area contributed by atoms with Gasteiger partial charge in [-0.2, -0.15) is 0 Å². The van der Waals surface area contributed by atoms with Gasteiger partial charge < -0.3 is 24.1 Å². The first-order chi connectivity index (χ1) is 15.0. The molecule has 2 heterocycles. The Labute approximate surface area is 188 Å². The normalized spacial score (nSPS) is 13.1. The summed E-state index contributed by atoms with van der Waals surface area (Å²) in [6.07, 6.45) is 0. The molecule has 4 rings (SSSR count). The van der Waals surface area contributed by atoms with E-state index in [1.54, 1.807) is 42.5 Å². The molecule has 8 nitrogen and oxygen atoms in total. The number of anilines is 1. The second kappa shape index (κ2) is 9.49. The van der Waals surface area contributed by atoms with Crippen LogP contribution in [0.3, 0.4) is 0 Å². The minimum absolute atomic E-state index is 0.145. The van der Waals surface area contributed by atoms with E-state index in [2.05, 4.69) is 15.5 Å². The van der Waals surface area contributed by atoms with Crippen molar-refractivity contribution in [1.82, 2.24) is 14.8 Å². The number of ether oxygens (including phenoxy) is 3. The van der Waals surface area contributed by atoms with Crippen LogP contribution in [-0.2, 0) is 17.9 Å². The standard InChI is InChI=1S/C21H21ClN4O4S/c1-3-26-19(11-28-16-7-4-14(22)5-8-16)24-25-21(26)31-13(2)20(27)23-15-6-9-17-18(10-15)30-12-29-17/h4-10,13H,3,11-12H2,1-2H3,(H,23,27). The van der Waals surface area contributed by atoms with Gasteiger partial charge in [0, 0.05) is 23.3 Å². The highest BCUT2D eigenvalue weighted by molar-refractivity contribution is 8.00. The highest BCUT2D eigenvalue weighted by Crippen LogP contribution is 2.34. The summed E-state index contributed by atoms with van der Waals surface area (Å²) in [4.78, 5) is 12.7. The second-order valence-electron chi connectivity index (χ2n) is 6.70. The number of nitrogens with one attached hydrogen (secondary N) is 1. The average Bonchev–Trinajstić information content (AvgIpc) is 3.39. The SMILES string of the molecule is CCn1c(COc2ccc(Cl)cc2)nnc1SC(C)C(=O)Nc1ccc2c(c1)OCO2. The van der Waals surface area contributed by atoms with E-state index in [1.807, 2.05) is 18.4 Å². The van der Waals surface area contributed by atoms with Gasteiger partial charge in [-0.1, -0.05) is 23.4 Å². The van der Waals surface area contributed by atoms with Crippen molar-refractivity contribution in [2.75, 3.05) is 12.1 Å². The lowest BCUT2D eigenvalue weighted by Gasteiger charge is -2.13. The Morgan fingerprint density at radius 2 is 2.00 bits per heavy atom. The van der Waals surface area contributed by atoms with Crippen LogP contribution in [0.15, 0.2) is 47.6 Å². The molecule has 1 amide bonds. The number of benzene rings is 2. The molecule has 162 valence electrons. The molecule has 1 aliphatic rings. The van der Waals surface area contributed by atoms with Crippen molar-refractivity contribution in [3.8, 4) is 17.2 Å². The number of fused-ring (bicyclic) bond motifs is 1. The topological polar surface area (TPSA) is 87.5 Å². The first-order valence-corrected chi connectivity index (χ1v) is 11.0. The van der Waals surface area contributed by atoms with Crippen LogP contribution < -0.4 is 19.5 Å². The molecule has 0 bridgehead atoms. The number of amides is 1. The minimum atomic E-state index is -0.384. The molecule has 1 aliphatic heterocycles. The Morgan fingerprint density at radius 3 is 2.77 bits per heavy atom. The summed E-state index contributed by atoms with van der Waals surface area (Å²) in [6, 6.07) is 12.4. The van der Waals surface area contributed by atoms with Crippen LogP contribution in [0.2, 0.25) is 5.02 Å². The van der Waals surface area contributed by atoms with E-state index in [1.165, 1.54) is 11.8 Å². The average molecular weight is 461 g/mol. The summed E-state index contributed by atoms with van der Waals surface area (Å²) < 4.78 is 18.4. The third-order valence-corrected chi connectivity index (χ3v) is 5.92. The molecule has 0 saturated carbocycles. The lowest BCUT2D eigenvalue weighted by molar-refractivity contribution is -0.115. The van der Waals surface area contributed by atoms with Gasteiger partial charge in [-0.05, 0) is 50.2 Å². The van der Waals surface area contributed by atoms with Crippen molar-refractivity contribution >= 4 is 35.0 Å². The number of carbonyl (C=O) groups is 1. The van der Waals surface area contributed by atoms with E-state index >= 15 is 0 Å².